The predicted molar refractivity (Wildman–Crippen MR) is 184 cm³/mol. The Hall–Kier alpha value is -5.29. The van der Waals surface area contributed by atoms with Gasteiger partial charge in [-0.05, 0) is 79.4 Å². The molecular weight excluding hydrogens is 604 g/mol. The van der Waals surface area contributed by atoms with Crippen LogP contribution in [0.3, 0.4) is 0 Å². The Morgan fingerprint density at radius 3 is 2.46 bits per heavy atom. The number of nitrogens with one attached hydrogen (secondary N) is 1. The van der Waals surface area contributed by atoms with Crippen molar-refractivity contribution < 1.29 is 14.3 Å². The molecule has 5 aromatic rings. The molecule has 48 heavy (non-hydrogen) atoms. The number of nitrogens with zero attached hydrogens (tertiary/aromatic N) is 7. The molecule has 8 rings (SSSR count). The maximum atomic E-state index is 14.0. The average molecular weight is 643 g/mol. The van der Waals surface area contributed by atoms with Crippen molar-refractivity contribution in [2.24, 2.45) is 12.5 Å². The monoisotopic (exact) mass is 642 g/mol. The summed E-state index contributed by atoms with van der Waals surface area (Å²) in [5.41, 5.74) is 6.58. The summed E-state index contributed by atoms with van der Waals surface area (Å²) in [6, 6.07) is 22.2. The maximum absolute atomic E-state index is 14.0. The molecule has 1 unspecified atom stereocenters. The molecule has 0 radical (unpaired) electrons. The molecule has 1 spiro atoms. The van der Waals surface area contributed by atoms with E-state index < -0.39 is 5.41 Å². The first-order valence-electron chi connectivity index (χ1n) is 16.5. The molecule has 11 nitrogen and oxygen atoms in total. The van der Waals surface area contributed by atoms with Crippen LogP contribution in [0.5, 0.6) is 5.75 Å². The lowest BCUT2D eigenvalue weighted by Gasteiger charge is -2.29. The third kappa shape index (κ3) is 5.43. The first-order valence-corrected chi connectivity index (χ1v) is 16.5. The zero-order valence-electron chi connectivity index (χ0n) is 27.2. The highest BCUT2D eigenvalue weighted by Crippen LogP contribution is 2.43. The van der Waals surface area contributed by atoms with E-state index in [2.05, 4.69) is 49.5 Å². The van der Waals surface area contributed by atoms with Crippen LogP contribution in [0, 0.1) is 5.41 Å². The smallest absolute Gasteiger partial charge is 0.237 e. The van der Waals surface area contributed by atoms with Crippen molar-refractivity contribution in [3.05, 3.63) is 84.7 Å². The topological polar surface area (TPSA) is 112 Å². The van der Waals surface area contributed by atoms with Crippen LogP contribution < -0.4 is 9.64 Å². The van der Waals surface area contributed by atoms with Crippen molar-refractivity contribution >= 4 is 34.0 Å². The van der Waals surface area contributed by atoms with Gasteiger partial charge in [-0.1, -0.05) is 30.3 Å². The number of aryl methyl sites for hydroxylation is 1. The van der Waals surface area contributed by atoms with Crippen LogP contribution in [0.15, 0.2) is 79.1 Å². The molecule has 0 aliphatic carbocycles. The molecule has 2 saturated heterocycles. The van der Waals surface area contributed by atoms with Gasteiger partial charge in [0.25, 0.3) is 0 Å². The Morgan fingerprint density at radius 1 is 0.958 bits per heavy atom. The molecule has 2 amide bonds. The second-order valence-electron chi connectivity index (χ2n) is 13.1. The van der Waals surface area contributed by atoms with Crippen molar-refractivity contribution in [1.82, 2.24) is 34.8 Å². The Labute approximate surface area is 278 Å². The summed E-state index contributed by atoms with van der Waals surface area (Å²) < 4.78 is 7.01. The summed E-state index contributed by atoms with van der Waals surface area (Å²) in [6.07, 6.45) is 6.23. The lowest BCUT2D eigenvalue weighted by Crippen LogP contribution is -2.43. The summed E-state index contributed by atoms with van der Waals surface area (Å²) in [5.74, 6) is 1.78. The van der Waals surface area contributed by atoms with Gasteiger partial charge in [-0.2, -0.15) is 10.2 Å². The van der Waals surface area contributed by atoms with Gasteiger partial charge in [-0.25, -0.2) is 4.98 Å². The zero-order valence-corrected chi connectivity index (χ0v) is 27.2. The second kappa shape index (κ2) is 12.1. The first-order chi connectivity index (χ1) is 23.4. The number of fused-ring (bicyclic) bond motifs is 1. The first kappa shape index (κ1) is 30.1. The van der Waals surface area contributed by atoms with E-state index in [0.717, 1.165) is 70.5 Å². The summed E-state index contributed by atoms with van der Waals surface area (Å²) >= 11 is 0. The quantitative estimate of drug-likeness (QED) is 0.272. The lowest BCUT2D eigenvalue weighted by molar-refractivity contribution is -0.132. The molecule has 0 bridgehead atoms. The number of rotatable bonds is 7. The van der Waals surface area contributed by atoms with Gasteiger partial charge in [0.1, 0.15) is 12.1 Å². The van der Waals surface area contributed by atoms with Gasteiger partial charge in [0, 0.05) is 55.4 Å². The highest BCUT2D eigenvalue weighted by molar-refractivity contribution is 6.03. The molecule has 5 heterocycles. The summed E-state index contributed by atoms with van der Waals surface area (Å²) in [6.45, 7) is 3.66. The van der Waals surface area contributed by atoms with Gasteiger partial charge >= 0.3 is 0 Å². The molecule has 1 atom stereocenters. The number of carbonyl (C=O) groups is 2. The van der Waals surface area contributed by atoms with Gasteiger partial charge in [0.2, 0.25) is 11.8 Å². The third-order valence-electron chi connectivity index (χ3n) is 10.2. The molecule has 3 aromatic carbocycles. The average Bonchev–Trinajstić information content (AvgIpc) is 3.92. The molecule has 3 aliphatic rings. The fourth-order valence-electron chi connectivity index (χ4n) is 7.43. The van der Waals surface area contributed by atoms with Crippen molar-refractivity contribution in [3.63, 3.8) is 0 Å². The summed E-state index contributed by atoms with van der Waals surface area (Å²) in [7, 11) is 3.51. The van der Waals surface area contributed by atoms with E-state index in [1.165, 1.54) is 5.57 Å². The minimum absolute atomic E-state index is 0.123. The molecule has 244 valence electrons. The Balaban J connectivity index is 0.893. The van der Waals surface area contributed by atoms with E-state index >= 15 is 0 Å². The van der Waals surface area contributed by atoms with E-state index in [4.69, 9.17) is 4.74 Å². The van der Waals surface area contributed by atoms with Crippen LogP contribution in [0.25, 0.3) is 39.1 Å². The molecule has 11 heteroatoms. The zero-order chi connectivity index (χ0) is 32.8. The highest BCUT2D eigenvalue weighted by Gasteiger charge is 2.51. The number of methoxy groups -OCH3 is 1. The van der Waals surface area contributed by atoms with E-state index in [-0.39, 0.29) is 11.8 Å². The fraction of sp³-hybridized carbons (Fsp3) is 0.324. The van der Waals surface area contributed by atoms with Gasteiger partial charge in [0.05, 0.1) is 30.3 Å². The lowest BCUT2D eigenvalue weighted by atomic mass is 9.85. The van der Waals surface area contributed by atoms with Crippen molar-refractivity contribution in [2.75, 3.05) is 51.3 Å². The van der Waals surface area contributed by atoms with Crippen LogP contribution >= 0.6 is 0 Å². The van der Waals surface area contributed by atoms with Gasteiger partial charge < -0.3 is 14.5 Å². The molecule has 2 aromatic heterocycles. The summed E-state index contributed by atoms with van der Waals surface area (Å²) in [4.78, 5) is 37.7. The SMILES string of the molecule is COc1ccc(-c2n[nH]c3ccc(N4CCC5(CCN(CC(=O)N6CC=C(c7ccc(-c8ncn(C)n8)cc7)CC6)C5)C4=O)cc23)cc1. The van der Waals surface area contributed by atoms with Gasteiger partial charge in [-0.15, -0.1) is 0 Å². The number of likely N-dealkylation sites (tertiary alicyclic amines) is 1. The maximum Gasteiger partial charge on any atom is 0.237 e. The number of aromatic nitrogens is 5. The Bertz CT molecular complexity index is 2030. The number of H-pyrrole nitrogens is 1. The fourth-order valence-corrected chi connectivity index (χ4v) is 7.43. The van der Waals surface area contributed by atoms with E-state index in [1.807, 2.05) is 65.4 Å². The van der Waals surface area contributed by atoms with Crippen LogP contribution in [-0.2, 0) is 16.6 Å². The molecular formula is C37H38N8O3. The van der Waals surface area contributed by atoms with E-state index in [9.17, 15) is 9.59 Å². The third-order valence-corrected chi connectivity index (χ3v) is 10.2. The number of hydrogen-bond donors (Lipinski definition) is 1. The molecule has 2 fully saturated rings. The highest BCUT2D eigenvalue weighted by atomic mass is 16.5. The largest absolute Gasteiger partial charge is 0.497 e. The number of carbonyl (C=O) groups excluding carboxylic acids is 2. The van der Waals surface area contributed by atoms with E-state index in [0.29, 0.717) is 38.5 Å². The second-order valence-corrected chi connectivity index (χ2v) is 13.1. The van der Waals surface area contributed by atoms with Crippen LogP contribution in [0.4, 0.5) is 5.69 Å². The predicted octanol–water partition coefficient (Wildman–Crippen LogP) is 4.78. The van der Waals surface area contributed by atoms with Crippen molar-refractivity contribution in [3.8, 4) is 28.4 Å². The normalized spacial score (nSPS) is 19.9. The van der Waals surface area contributed by atoms with Crippen LogP contribution in [-0.4, -0.2) is 93.0 Å². The standard InChI is InChI=1S/C37H38N8O3/c1-42-24-38-35(41-42)28-5-3-25(4-6-28)26-13-17-44(18-14-26)33(46)22-43-19-15-37(23-43)16-20-45(36(37)47)29-9-12-32-31(21-29)34(40-39-32)27-7-10-30(48-2)11-8-27/h3-13,21,24H,14-20,22-23H2,1-2H3,(H,39,40). The molecule has 3 aliphatic heterocycles. The minimum atomic E-state index is -0.448. The van der Waals surface area contributed by atoms with Gasteiger partial charge in [0.15, 0.2) is 5.82 Å². The number of anilines is 1. The number of aromatic amines is 1. The van der Waals surface area contributed by atoms with Crippen LogP contribution in [0.2, 0.25) is 0 Å². The molecule has 0 saturated carbocycles. The number of ether oxygens (including phenoxy) is 1. The van der Waals surface area contributed by atoms with Crippen molar-refractivity contribution in [2.45, 2.75) is 19.3 Å². The minimum Gasteiger partial charge on any atom is -0.497 e. The van der Waals surface area contributed by atoms with E-state index in [1.54, 1.807) is 18.1 Å². The summed E-state index contributed by atoms with van der Waals surface area (Å²) in [5, 5.41) is 13.0. The molecule has 1 N–H and O–H groups in total. The number of amides is 2. The Morgan fingerprint density at radius 2 is 1.73 bits per heavy atom. The number of hydrogen-bond acceptors (Lipinski definition) is 7. The van der Waals surface area contributed by atoms with Crippen molar-refractivity contribution in [1.29, 1.82) is 0 Å². The van der Waals surface area contributed by atoms with Gasteiger partial charge in [-0.3, -0.25) is 24.3 Å². The number of benzene rings is 3. The van der Waals surface area contributed by atoms with Crippen LogP contribution in [0.1, 0.15) is 24.8 Å². The Kier molecular flexibility index (Phi) is 7.55.